The van der Waals surface area contributed by atoms with Gasteiger partial charge in [0.05, 0.1) is 12.7 Å². The van der Waals surface area contributed by atoms with Crippen molar-refractivity contribution in [2.24, 2.45) is 0 Å². The number of ketones is 1. The second-order valence-corrected chi connectivity index (χ2v) is 4.17. The highest BCUT2D eigenvalue weighted by molar-refractivity contribution is 6.10. The molecule has 0 unspecified atom stereocenters. The molecule has 1 heterocycles. The minimum absolute atomic E-state index is 0.0656. The molecule has 0 saturated heterocycles. The zero-order valence-electron chi connectivity index (χ0n) is 12.0. The Balaban J connectivity index is 3.13. The van der Waals surface area contributed by atoms with E-state index in [0.717, 1.165) is 6.42 Å². The summed E-state index contributed by atoms with van der Waals surface area (Å²) in [6, 6.07) is -0.513. The van der Waals surface area contributed by atoms with Gasteiger partial charge in [-0.2, -0.15) is 0 Å². The summed E-state index contributed by atoms with van der Waals surface area (Å²) in [6.07, 6.45) is 0.771. The van der Waals surface area contributed by atoms with Gasteiger partial charge < -0.3 is 14.5 Å². The molecule has 0 aliphatic carbocycles. The van der Waals surface area contributed by atoms with Crippen LogP contribution in [0.4, 0.5) is 10.7 Å². The lowest BCUT2D eigenvalue weighted by atomic mass is 10.1. The molecule has 7 heteroatoms. The van der Waals surface area contributed by atoms with Gasteiger partial charge in [0, 0.05) is 6.54 Å². The maximum Gasteiger partial charge on any atom is 0.344 e. The molecule has 1 aromatic rings. The van der Waals surface area contributed by atoms with Crippen LogP contribution in [0.1, 0.15) is 46.7 Å². The largest absolute Gasteiger partial charge is 0.465 e. The standard InChI is InChI=1S/C13H18N2O5/c1-5-6-14-13(18)15-11-10(12(17)19-4)9(7(2)16)8(3)20-11/h5-6H2,1-4H3,(H2,14,15,18). The lowest BCUT2D eigenvalue weighted by Crippen LogP contribution is -2.29. The Bertz CT molecular complexity index is 533. The number of furan rings is 1. The molecule has 20 heavy (non-hydrogen) atoms. The predicted octanol–water partition coefficient (Wildman–Crippen LogP) is 2.11. The SMILES string of the molecule is CCCNC(=O)Nc1oc(C)c(C(C)=O)c1C(=O)OC. The molecule has 0 bridgehead atoms. The summed E-state index contributed by atoms with van der Waals surface area (Å²) in [5.41, 5.74) is 0.0480. The zero-order valence-corrected chi connectivity index (χ0v) is 12.0. The summed E-state index contributed by atoms with van der Waals surface area (Å²) < 4.78 is 9.91. The number of methoxy groups -OCH3 is 1. The number of aryl methyl sites for hydroxylation is 1. The third kappa shape index (κ3) is 3.37. The molecule has 110 valence electrons. The molecule has 0 radical (unpaired) electrons. The van der Waals surface area contributed by atoms with Gasteiger partial charge >= 0.3 is 12.0 Å². The molecule has 0 spiro atoms. The highest BCUT2D eigenvalue weighted by atomic mass is 16.5. The number of rotatable bonds is 5. The Morgan fingerprint density at radius 3 is 2.40 bits per heavy atom. The van der Waals surface area contributed by atoms with Crippen molar-refractivity contribution in [2.75, 3.05) is 19.0 Å². The molecule has 0 aromatic carbocycles. The second kappa shape index (κ2) is 6.74. The fourth-order valence-corrected chi connectivity index (χ4v) is 1.74. The Labute approximate surface area is 116 Å². The first-order valence-corrected chi connectivity index (χ1v) is 6.19. The summed E-state index contributed by atoms with van der Waals surface area (Å²) >= 11 is 0. The number of hydrogen-bond acceptors (Lipinski definition) is 5. The topological polar surface area (TPSA) is 97.6 Å². The number of anilines is 1. The molecule has 1 rings (SSSR count). The van der Waals surface area contributed by atoms with Crippen molar-refractivity contribution < 1.29 is 23.5 Å². The molecule has 0 fully saturated rings. The van der Waals surface area contributed by atoms with Gasteiger partial charge in [0.2, 0.25) is 5.88 Å². The maximum absolute atomic E-state index is 11.8. The van der Waals surface area contributed by atoms with Gasteiger partial charge in [-0.3, -0.25) is 10.1 Å². The van der Waals surface area contributed by atoms with Crippen LogP contribution in [0.25, 0.3) is 0 Å². The van der Waals surface area contributed by atoms with Crippen LogP contribution in [0, 0.1) is 6.92 Å². The Hall–Kier alpha value is -2.31. The molecule has 0 aliphatic heterocycles. The van der Waals surface area contributed by atoms with Crippen molar-refractivity contribution in [1.82, 2.24) is 5.32 Å². The summed E-state index contributed by atoms with van der Waals surface area (Å²) in [4.78, 5) is 35.0. The van der Waals surface area contributed by atoms with Crippen LogP contribution in [0.2, 0.25) is 0 Å². The first-order chi connectivity index (χ1) is 9.42. The quantitative estimate of drug-likeness (QED) is 0.636. The van der Waals surface area contributed by atoms with Crippen LogP contribution in [-0.2, 0) is 4.74 Å². The number of nitrogens with one attached hydrogen (secondary N) is 2. The molecular weight excluding hydrogens is 264 g/mol. The highest BCUT2D eigenvalue weighted by Gasteiger charge is 2.28. The zero-order chi connectivity index (χ0) is 15.3. The summed E-state index contributed by atoms with van der Waals surface area (Å²) in [5, 5.41) is 4.98. The van der Waals surface area contributed by atoms with Crippen LogP contribution >= 0.6 is 0 Å². The third-order valence-electron chi connectivity index (χ3n) is 2.59. The Morgan fingerprint density at radius 2 is 1.90 bits per heavy atom. The molecule has 2 amide bonds. The van der Waals surface area contributed by atoms with Crippen molar-refractivity contribution >= 4 is 23.7 Å². The third-order valence-corrected chi connectivity index (χ3v) is 2.59. The minimum Gasteiger partial charge on any atom is -0.465 e. The molecule has 0 saturated carbocycles. The first kappa shape index (κ1) is 15.7. The van der Waals surface area contributed by atoms with E-state index in [-0.39, 0.29) is 28.6 Å². The molecule has 0 atom stereocenters. The van der Waals surface area contributed by atoms with E-state index in [1.165, 1.54) is 21.0 Å². The van der Waals surface area contributed by atoms with Crippen molar-refractivity contribution in [3.05, 3.63) is 16.9 Å². The minimum atomic E-state index is -0.738. The molecule has 2 N–H and O–H groups in total. The van der Waals surface area contributed by atoms with Crippen molar-refractivity contribution in [3.63, 3.8) is 0 Å². The number of carbonyl (C=O) groups excluding carboxylic acids is 3. The first-order valence-electron chi connectivity index (χ1n) is 6.19. The molecule has 1 aromatic heterocycles. The van der Waals surface area contributed by atoms with Crippen molar-refractivity contribution in [3.8, 4) is 0 Å². The average molecular weight is 282 g/mol. The summed E-state index contributed by atoms with van der Waals surface area (Å²) in [5.74, 6) is -0.914. The smallest absolute Gasteiger partial charge is 0.344 e. The van der Waals surface area contributed by atoms with Gasteiger partial charge in [-0.05, 0) is 20.3 Å². The predicted molar refractivity (Wildman–Crippen MR) is 72.1 cm³/mol. The molecule has 7 nitrogen and oxygen atoms in total. The van der Waals surface area contributed by atoms with E-state index in [9.17, 15) is 14.4 Å². The fourth-order valence-electron chi connectivity index (χ4n) is 1.74. The van der Waals surface area contributed by atoms with Crippen LogP contribution in [0.15, 0.2) is 4.42 Å². The number of urea groups is 1. The summed E-state index contributed by atoms with van der Waals surface area (Å²) in [6.45, 7) is 5.24. The van der Waals surface area contributed by atoms with Gasteiger partial charge in [0.25, 0.3) is 0 Å². The van der Waals surface area contributed by atoms with Gasteiger partial charge in [-0.1, -0.05) is 6.92 Å². The second-order valence-electron chi connectivity index (χ2n) is 4.17. The van der Waals surface area contributed by atoms with Gasteiger partial charge in [-0.15, -0.1) is 0 Å². The van der Waals surface area contributed by atoms with Crippen molar-refractivity contribution in [2.45, 2.75) is 27.2 Å². The monoisotopic (exact) mass is 282 g/mol. The van der Waals surface area contributed by atoms with Crippen LogP contribution in [0.3, 0.4) is 0 Å². The fraction of sp³-hybridized carbons (Fsp3) is 0.462. The number of ether oxygens (including phenoxy) is 1. The van der Waals surface area contributed by atoms with E-state index in [1.807, 2.05) is 6.92 Å². The van der Waals surface area contributed by atoms with Crippen molar-refractivity contribution in [1.29, 1.82) is 0 Å². The number of Topliss-reactive ketones (excluding diaryl/α,β-unsaturated/α-hetero) is 1. The Kier molecular flexibility index (Phi) is 5.31. The van der Waals surface area contributed by atoms with Gasteiger partial charge in [-0.25, -0.2) is 9.59 Å². The highest BCUT2D eigenvalue weighted by Crippen LogP contribution is 2.28. The number of esters is 1. The summed E-state index contributed by atoms with van der Waals surface area (Å²) in [7, 11) is 1.19. The van der Waals surface area contributed by atoms with E-state index in [0.29, 0.717) is 6.54 Å². The van der Waals surface area contributed by atoms with Gasteiger partial charge in [0.1, 0.15) is 11.3 Å². The maximum atomic E-state index is 11.8. The van der Waals surface area contributed by atoms with E-state index < -0.39 is 12.0 Å². The molecular formula is C13H18N2O5. The van der Waals surface area contributed by atoms with E-state index in [1.54, 1.807) is 0 Å². The van der Waals surface area contributed by atoms with E-state index in [2.05, 4.69) is 15.4 Å². The lowest BCUT2D eigenvalue weighted by Gasteiger charge is -2.06. The van der Waals surface area contributed by atoms with E-state index in [4.69, 9.17) is 4.42 Å². The average Bonchev–Trinajstić information content (AvgIpc) is 2.71. The Morgan fingerprint density at radius 1 is 1.25 bits per heavy atom. The van der Waals surface area contributed by atoms with Gasteiger partial charge in [0.15, 0.2) is 5.78 Å². The van der Waals surface area contributed by atoms with Crippen LogP contribution in [-0.4, -0.2) is 31.4 Å². The normalized spacial score (nSPS) is 10.0. The van der Waals surface area contributed by atoms with Crippen LogP contribution in [0.5, 0.6) is 0 Å². The van der Waals surface area contributed by atoms with E-state index >= 15 is 0 Å². The number of carbonyl (C=O) groups is 3. The number of amides is 2. The number of hydrogen-bond donors (Lipinski definition) is 2. The molecule has 0 aliphatic rings. The van der Waals surface area contributed by atoms with Crippen LogP contribution < -0.4 is 10.6 Å². The lowest BCUT2D eigenvalue weighted by molar-refractivity contribution is 0.0598.